The Morgan fingerprint density at radius 1 is 1.07 bits per heavy atom. The van der Waals surface area contributed by atoms with Crippen LogP contribution in [0, 0.1) is 11.8 Å². The minimum atomic E-state index is -0.703. The number of alkyl halides is 1. The van der Waals surface area contributed by atoms with Crippen molar-refractivity contribution < 1.29 is 19.2 Å². The van der Waals surface area contributed by atoms with Crippen LogP contribution in [0.4, 0.5) is 5.69 Å². The van der Waals surface area contributed by atoms with Crippen molar-refractivity contribution in [1.82, 2.24) is 10.6 Å². The Kier molecular flexibility index (Phi) is 10.8. The van der Waals surface area contributed by atoms with Gasteiger partial charge >= 0.3 is 0 Å². The molecule has 0 aliphatic heterocycles. The molecule has 9 heteroatoms. The molecule has 5 N–H and O–H groups in total. The Morgan fingerprint density at radius 2 is 1.69 bits per heavy atom. The third-order valence-electron chi connectivity index (χ3n) is 4.25. The number of amides is 3. The van der Waals surface area contributed by atoms with Gasteiger partial charge in [-0.1, -0.05) is 43.4 Å². The third kappa shape index (κ3) is 8.48. The molecule has 0 saturated heterocycles. The monoisotopic (exact) mass is 516 g/mol. The molecule has 3 amide bonds. The van der Waals surface area contributed by atoms with Crippen molar-refractivity contribution in [1.29, 1.82) is 0 Å². The van der Waals surface area contributed by atoms with Crippen LogP contribution in [0.25, 0.3) is 0 Å². The second kappa shape index (κ2) is 12.5. The zero-order chi connectivity index (χ0) is 22.0. The Bertz CT molecular complexity index is 722. The summed E-state index contributed by atoms with van der Waals surface area (Å²) in [5, 5.41) is 8.13. The summed E-state index contributed by atoms with van der Waals surface area (Å²) in [6.45, 7) is 6.04. The van der Waals surface area contributed by atoms with Gasteiger partial charge in [0.1, 0.15) is 0 Å². The fourth-order valence-electron chi connectivity index (χ4n) is 2.63. The predicted molar refractivity (Wildman–Crippen MR) is 121 cm³/mol. The molecule has 29 heavy (non-hydrogen) atoms. The summed E-state index contributed by atoms with van der Waals surface area (Å²) in [7, 11) is 0. The van der Waals surface area contributed by atoms with Gasteiger partial charge < -0.3 is 21.7 Å². The van der Waals surface area contributed by atoms with Crippen LogP contribution < -0.4 is 21.7 Å². The van der Waals surface area contributed by atoms with Crippen molar-refractivity contribution in [3.63, 3.8) is 0 Å². The van der Waals surface area contributed by atoms with E-state index in [2.05, 4.69) is 16.0 Å². The number of hydrogen-bond donors (Lipinski definition) is 4. The molecule has 0 fully saturated rings. The first kappa shape index (κ1) is 25.0. The molecule has 8 nitrogen and oxygen atoms in total. The highest BCUT2D eigenvalue weighted by atomic mass is 127. The molecule has 0 spiro atoms. The summed E-state index contributed by atoms with van der Waals surface area (Å²) in [5.74, 6) is -1.58. The largest absolute Gasteiger partial charge is 0.355 e. The minimum Gasteiger partial charge on any atom is -0.355 e. The molecule has 0 aliphatic carbocycles. The summed E-state index contributed by atoms with van der Waals surface area (Å²) in [5.41, 5.74) is 6.34. The maximum absolute atomic E-state index is 12.7. The number of benzene rings is 1. The second-order valence-electron chi connectivity index (χ2n) is 7.11. The zero-order valence-corrected chi connectivity index (χ0v) is 19.1. The normalized spacial score (nSPS) is 12.8. The highest BCUT2D eigenvalue weighted by molar-refractivity contribution is 14.1. The van der Waals surface area contributed by atoms with Gasteiger partial charge in [0.2, 0.25) is 11.8 Å². The van der Waals surface area contributed by atoms with Gasteiger partial charge in [-0.2, -0.15) is 0 Å². The summed E-state index contributed by atoms with van der Waals surface area (Å²) in [4.78, 5) is 48.6. The fourth-order valence-corrected chi connectivity index (χ4v) is 2.82. The number of Topliss-reactive ketones (excluding diaryl/α,β-unsaturated/α-hetero) is 1. The van der Waals surface area contributed by atoms with Crippen LogP contribution in [0.1, 0.15) is 37.6 Å². The number of rotatable bonds is 11. The Morgan fingerprint density at radius 3 is 2.21 bits per heavy atom. The Balaban J connectivity index is 2.75. The molecule has 0 saturated carbocycles. The molecule has 0 aliphatic rings. The standard InChI is InChI=1S/C20H29IN4O4/c1-12(2)18(16(26)10-13(3)19(28)23-9-8-22)25-20(29)14-4-6-15(7-5-14)24-17(27)11-21/h4-7,12-13,18H,8-11,22H2,1-3H3,(H,23,28)(H,24,27)(H,25,29)/t13-,18+/m1/s1. The van der Waals surface area contributed by atoms with E-state index < -0.39 is 12.0 Å². The lowest BCUT2D eigenvalue weighted by atomic mass is 9.92. The van der Waals surface area contributed by atoms with Gasteiger partial charge in [0.25, 0.3) is 5.91 Å². The van der Waals surface area contributed by atoms with Gasteiger partial charge in [-0.15, -0.1) is 0 Å². The highest BCUT2D eigenvalue weighted by Gasteiger charge is 2.27. The van der Waals surface area contributed by atoms with Gasteiger partial charge in [-0.25, -0.2) is 0 Å². The van der Waals surface area contributed by atoms with Crippen molar-refractivity contribution in [2.45, 2.75) is 33.2 Å². The van der Waals surface area contributed by atoms with Crippen molar-refractivity contribution >= 4 is 51.8 Å². The van der Waals surface area contributed by atoms with E-state index in [-0.39, 0.29) is 35.8 Å². The molecule has 0 heterocycles. The number of ketones is 1. The van der Waals surface area contributed by atoms with E-state index in [4.69, 9.17) is 5.73 Å². The number of hydrogen-bond acceptors (Lipinski definition) is 5. The SMILES string of the molecule is CC(C)[C@H](NC(=O)c1ccc(NC(=O)CI)cc1)C(=O)C[C@@H](C)C(=O)NCCN. The topological polar surface area (TPSA) is 130 Å². The molecule has 1 aromatic rings. The van der Waals surface area contributed by atoms with Crippen molar-refractivity contribution in [3.8, 4) is 0 Å². The van der Waals surface area contributed by atoms with Crippen LogP contribution >= 0.6 is 22.6 Å². The molecular formula is C20H29IN4O4. The number of nitrogens with one attached hydrogen (secondary N) is 3. The first-order chi connectivity index (χ1) is 13.7. The van der Waals surface area contributed by atoms with Crippen molar-refractivity contribution in [2.24, 2.45) is 17.6 Å². The quantitative estimate of drug-likeness (QED) is 0.262. The maximum Gasteiger partial charge on any atom is 0.251 e. The summed E-state index contributed by atoms with van der Waals surface area (Å²) < 4.78 is 0.334. The maximum atomic E-state index is 12.7. The van der Waals surface area contributed by atoms with E-state index in [1.165, 1.54) is 0 Å². The number of anilines is 1. The second-order valence-corrected chi connectivity index (χ2v) is 7.87. The minimum absolute atomic E-state index is 0.0286. The highest BCUT2D eigenvalue weighted by Crippen LogP contribution is 2.14. The molecular weight excluding hydrogens is 487 g/mol. The van der Waals surface area contributed by atoms with Gasteiger partial charge in [0.05, 0.1) is 10.5 Å². The van der Waals surface area contributed by atoms with Crippen molar-refractivity contribution in [2.75, 3.05) is 22.8 Å². The van der Waals surface area contributed by atoms with E-state index in [1.54, 1.807) is 31.2 Å². The summed E-state index contributed by atoms with van der Waals surface area (Å²) >= 11 is 1.96. The Labute approximate surface area is 184 Å². The number of carbonyl (C=O) groups is 4. The van der Waals surface area contributed by atoms with Crippen LogP contribution in [0.3, 0.4) is 0 Å². The molecule has 0 aromatic heterocycles. The lowest BCUT2D eigenvalue weighted by Gasteiger charge is -2.23. The average molecular weight is 516 g/mol. The molecule has 0 radical (unpaired) electrons. The zero-order valence-electron chi connectivity index (χ0n) is 17.0. The summed E-state index contributed by atoms with van der Waals surface area (Å²) in [6.07, 6.45) is 0.0286. The smallest absolute Gasteiger partial charge is 0.251 e. The van der Waals surface area contributed by atoms with E-state index in [0.717, 1.165) is 0 Å². The number of carbonyl (C=O) groups excluding carboxylic acids is 4. The van der Waals surface area contributed by atoms with E-state index in [9.17, 15) is 19.2 Å². The molecule has 2 atom stereocenters. The van der Waals surface area contributed by atoms with Crippen LogP contribution in [0.15, 0.2) is 24.3 Å². The lowest BCUT2D eigenvalue weighted by Crippen LogP contribution is -2.45. The molecule has 1 rings (SSSR count). The van der Waals surface area contributed by atoms with E-state index >= 15 is 0 Å². The summed E-state index contributed by atoms with van der Waals surface area (Å²) in [6, 6.07) is 5.74. The first-order valence-electron chi connectivity index (χ1n) is 9.46. The molecule has 0 bridgehead atoms. The first-order valence-corrected chi connectivity index (χ1v) is 11.0. The van der Waals surface area contributed by atoms with Crippen molar-refractivity contribution in [3.05, 3.63) is 29.8 Å². The number of nitrogens with two attached hydrogens (primary N) is 1. The van der Waals surface area contributed by atoms with E-state index in [0.29, 0.717) is 28.8 Å². The van der Waals surface area contributed by atoms with E-state index in [1.807, 2.05) is 36.4 Å². The van der Waals surface area contributed by atoms with Crippen LogP contribution in [0.5, 0.6) is 0 Å². The molecule has 0 unspecified atom stereocenters. The van der Waals surface area contributed by atoms with Gasteiger partial charge in [-0.3, -0.25) is 19.2 Å². The van der Waals surface area contributed by atoms with Gasteiger partial charge in [0, 0.05) is 36.7 Å². The van der Waals surface area contributed by atoms with Crippen LogP contribution in [-0.2, 0) is 14.4 Å². The van der Waals surface area contributed by atoms with Gasteiger partial charge in [-0.05, 0) is 30.2 Å². The third-order valence-corrected chi connectivity index (χ3v) is 4.94. The number of halogens is 1. The van der Waals surface area contributed by atoms with Crippen LogP contribution in [-0.4, -0.2) is 47.1 Å². The van der Waals surface area contributed by atoms with Gasteiger partial charge in [0.15, 0.2) is 5.78 Å². The average Bonchev–Trinajstić information content (AvgIpc) is 2.69. The predicted octanol–water partition coefficient (Wildman–Crippen LogP) is 1.48. The van der Waals surface area contributed by atoms with Crippen LogP contribution in [0.2, 0.25) is 0 Å². The Hall–Kier alpha value is -2.01. The fraction of sp³-hybridized carbons (Fsp3) is 0.500. The molecule has 1 aromatic carbocycles. The molecule has 160 valence electrons. The lowest BCUT2D eigenvalue weighted by molar-refractivity contribution is -0.130.